The van der Waals surface area contributed by atoms with Crippen LogP contribution in [0.25, 0.3) is 0 Å². The number of carbonyl (C=O) groups is 1. The molecular weight excluding hydrogens is 226 g/mol. The molecule has 16 heavy (non-hydrogen) atoms. The van der Waals surface area contributed by atoms with E-state index in [9.17, 15) is 9.90 Å². The van der Waals surface area contributed by atoms with Crippen molar-refractivity contribution in [1.29, 1.82) is 0 Å². The minimum absolute atomic E-state index is 0.207. The first-order valence-electron chi connectivity index (χ1n) is 5.00. The molecule has 1 aliphatic heterocycles. The van der Waals surface area contributed by atoms with Gasteiger partial charge in [0.15, 0.2) is 6.23 Å². The molecule has 1 aliphatic rings. The second kappa shape index (κ2) is 4.28. The van der Waals surface area contributed by atoms with Crippen molar-refractivity contribution in [3.63, 3.8) is 0 Å². The topological polar surface area (TPSA) is 40.5 Å². The number of amides is 1. The van der Waals surface area contributed by atoms with Crippen LogP contribution in [-0.2, 0) is 11.3 Å². The van der Waals surface area contributed by atoms with Crippen LogP contribution in [0.4, 0.5) is 0 Å². The summed E-state index contributed by atoms with van der Waals surface area (Å²) in [6.07, 6.45) is -1.01. The fourth-order valence-corrected chi connectivity index (χ4v) is 1.90. The van der Waals surface area contributed by atoms with Gasteiger partial charge in [-0.1, -0.05) is 41.9 Å². The zero-order valence-electron chi connectivity index (χ0n) is 8.85. The molecular formula is C12H12ClNO2. The smallest absolute Gasteiger partial charge is 0.253 e. The van der Waals surface area contributed by atoms with Gasteiger partial charge in [-0.2, -0.15) is 0 Å². The fraction of sp³-hybridized carbons (Fsp3) is 0.250. The molecule has 1 atom stereocenters. The maximum atomic E-state index is 11.8. The molecule has 1 amide bonds. The Morgan fingerprint density at radius 1 is 1.38 bits per heavy atom. The van der Waals surface area contributed by atoms with Crippen LogP contribution in [0.15, 0.2) is 40.9 Å². The first-order valence-corrected chi connectivity index (χ1v) is 5.38. The molecule has 1 unspecified atom stereocenters. The summed E-state index contributed by atoms with van der Waals surface area (Å²) in [7, 11) is 0. The third-order valence-corrected chi connectivity index (χ3v) is 3.14. The van der Waals surface area contributed by atoms with Crippen LogP contribution in [0.3, 0.4) is 0 Å². The molecule has 0 aromatic heterocycles. The van der Waals surface area contributed by atoms with Crippen molar-refractivity contribution in [2.45, 2.75) is 19.7 Å². The summed E-state index contributed by atoms with van der Waals surface area (Å²) in [6, 6.07) is 9.50. The van der Waals surface area contributed by atoms with Crippen molar-refractivity contribution in [2.24, 2.45) is 0 Å². The highest BCUT2D eigenvalue weighted by Crippen LogP contribution is 2.28. The number of aliphatic hydroxyl groups excluding tert-OH is 1. The molecule has 1 heterocycles. The first-order chi connectivity index (χ1) is 7.61. The second-order valence-corrected chi connectivity index (χ2v) is 4.17. The second-order valence-electron chi connectivity index (χ2n) is 3.77. The number of hydrogen-bond donors (Lipinski definition) is 1. The average Bonchev–Trinajstić information content (AvgIpc) is 2.48. The first kappa shape index (κ1) is 11.2. The number of hydrogen-bond acceptors (Lipinski definition) is 2. The van der Waals surface area contributed by atoms with Gasteiger partial charge in [-0.15, -0.1) is 0 Å². The maximum absolute atomic E-state index is 11.8. The van der Waals surface area contributed by atoms with E-state index in [2.05, 4.69) is 0 Å². The van der Waals surface area contributed by atoms with E-state index in [1.807, 2.05) is 30.3 Å². The van der Waals surface area contributed by atoms with Gasteiger partial charge < -0.3 is 10.0 Å². The van der Waals surface area contributed by atoms with Crippen molar-refractivity contribution in [3.8, 4) is 0 Å². The fourth-order valence-electron chi connectivity index (χ4n) is 1.70. The standard InChI is InChI=1S/C12H12ClNO2/c1-8-10(13)12(16)14(11(8)15)7-9-5-3-2-4-6-9/h2-6,12,16H,7H2,1H3. The van der Waals surface area contributed by atoms with E-state index in [0.717, 1.165) is 5.56 Å². The van der Waals surface area contributed by atoms with Gasteiger partial charge in [0.25, 0.3) is 5.91 Å². The van der Waals surface area contributed by atoms with Gasteiger partial charge >= 0.3 is 0 Å². The van der Waals surface area contributed by atoms with Crippen LogP contribution in [0.1, 0.15) is 12.5 Å². The van der Waals surface area contributed by atoms with E-state index in [1.54, 1.807) is 6.92 Å². The van der Waals surface area contributed by atoms with Crippen molar-refractivity contribution >= 4 is 17.5 Å². The highest BCUT2D eigenvalue weighted by Gasteiger charge is 2.34. The third-order valence-electron chi connectivity index (χ3n) is 2.66. The Balaban J connectivity index is 2.17. The van der Waals surface area contributed by atoms with Gasteiger partial charge in [0.2, 0.25) is 0 Å². The summed E-state index contributed by atoms with van der Waals surface area (Å²) in [5.41, 5.74) is 1.39. The van der Waals surface area contributed by atoms with Gasteiger partial charge in [-0.3, -0.25) is 4.79 Å². The molecule has 0 saturated carbocycles. The summed E-state index contributed by atoms with van der Waals surface area (Å²) in [6.45, 7) is 1.99. The van der Waals surface area contributed by atoms with E-state index in [4.69, 9.17) is 11.6 Å². The average molecular weight is 238 g/mol. The summed E-state index contributed by atoms with van der Waals surface area (Å²) >= 11 is 5.84. The molecule has 0 aliphatic carbocycles. The Morgan fingerprint density at radius 2 is 2.00 bits per heavy atom. The van der Waals surface area contributed by atoms with Gasteiger partial charge in [-0.25, -0.2) is 0 Å². The Bertz CT molecular complexity index is 442. The van der Waals surface area contributed by atoms with E-state index >= 15 is 0 Å². The highest BCUT2D eigenvalue weighted by molar-refractivity contribution is 6.33. The monoisotopic (exact) mass is 237 g/mol. The van der Waals surface area contributed by atoms with Crippen LogP contribution < -0.4 is 0 Å². The zero-order valence-corrected chi connectivity index (χ0v) is 9.61. The van der Waals surface area contributed by atoms with Crippen molar-refractivity contribution < 1.29 is 9.90 Å². The predicted octanol–water partition coefficient (Wildman–Crippen LogP) is 1.86. The summed E-state index contributed by atoms with van der Waals surface area (Å²) < 4.78 is 0. The van der Waals surface area contributed by atoms with E-state index in [1.165, 1.54) is 4.90 Å². The van der Waals surface area contributed by atoms with E-state index in [-0.39, 0.29) is 10.9 Å². The molecule has 84 valence electrons. The number of carbonyl (C=O) groups excluding carboxylic acids is 1. The van der Waals surface area contributed by atoms with Crippen LogP contribution in [0.5, 0.6) is 0 Å². The van der Waals surface area contributed by atoms with Crippen molar-refractivity contribution in [1.82, 2.24) is 4.90 Å². The third kappa shape index (κ3) is 1.84. The van der Waals surface area contributed by atoms with Gasteiger partial charge in [0.1, 0.15) is 0 Å². The van der Waals surface area contributed by atoms with Crippen LogP contribution in [0, 0.1) is 0 Å². The Kier molecular flexibility index (Phi) is 2.99. The Labute approximate surface area is 98.9 Å². The number of benzene rings is 1. The molecule has 2 rings (SSSR count). The van der Waals surface area contributed by atoms with Crippen molar-refractivity contribution in [3.05, 3.63) is 46.5 Å². The minimum Gasteiger partial charge on any atom is -0.368 e. The molecule has 0 fully saturated rings. The van der Waals surface area contributed by atoms with Gasteiger partial charge in [-0.05, 0) is 12.5 Å². The summed E-state index contributed by atoms with van der Waals surface area (Å²) in [4.78, 5) is 13.1. The quantitative estimate of drug-likeness (QED) is 0.853. The molecule has 0 saturated heterocycles. The largest absolute Gasteiger partial charge is 0.368 e. The lowest BCUT2D eigenvalue weighted by Crippen LogP contribution is -2.34. The minimum atomic E-state index is -1.01. The van der Waals surface area contributed by atoms with E-state index < -0.39 is 6.23 Å². The molecule has 4 heteroatoms. The highest BCUT2D eigenvalue weighted by atomic mass is 35.5. The van der Waals surface area contributed by atoms with Crippen LogP contribution in [-0.4, -0.2) is 22.1 Å². The summed E-state index contributed by atoms with van der Waals surface area (Å²) in [5.74, 6) is -0.207. The molecule has 0 radical (unpaired) electrons. The number of aliphatic hydroxyl groups is 1. The van der Waals surface area contributed by atoms with Crippen LogP contribution in [0.2, 0.25) is 0 Å². The lowest BCUT2D eigenvalue weighted by Gasteiger charge is -2.21. The molecule has 0 spiro atoms. The number of halogens is 1. The lowest BCUT2D eigenvalue weighted by molar-refractivity contribution is -0.132. The summed E-state index contributed by atoms with van der Waals surface area (Å²) in [5, 5.41) is 10.00. The molecule has 1 N–H and O–H groups in total. The SMILES string of the molecule is CC1=C(Cl)C(O)N(Cc2ccccc2)C1=O. The molecule has 1 aromatic rings. The van der Waals surface area contributed by atoms with Crippen LogP contribution >= 0.6 is 11.6 Å². The lowest BCUT2D eigenvalue weighted by atomic mass is 10.2. The zero-order chi connectivity index (χ0) is 11.7. The number of rotatable bonds is 2. The normalized spacial score (nSPS) is 20.8. The predicted molar refractivity (Wildman–Crippen MR) is 61.6 cm³/mol. The van der Waals surface area contributed by atoms with Gasteiger partial charge in [0.05, 0.1) is 5.03 Å². The molecule has 1 aromatic carbocycles. The molecule has 3 nitrogen and oxygen atoms in total. The Morgan fingerprint density at radius 3 is 2.50 bits per heavy atom. The maximum Gasteiger partial charge on any atom is 0.253 e. The van der Waals surface area contributed by atoms with Crippen molar-refractivity contribution in [2.75, 3.05) is 0 Å². The Hall–Kier alpha value is -1.32. The number of nitrogens with zero attached hydrogens (tertiary/aromatic N) is 1. The molecule has 0 bridgehead atoms. The van der Waals surface area contributed by atoms with Gasteiger partial charge in [0, 0.05) is 12.1 Å². The van der Waals surface area contributed by atoms with E-state index in [0.29, 0.717) is 12.1 Å².